The summed E-state index contributed by atoms with van der Waals surface area (Å²) in [6.45, 7) is -0.661. The number of hydrogen-bond acceptors (Lipinski definition) is 4. The molecule has 0 atom stereocenters. The van der Waals surface area contributed by atoms with Gasteiger partial charge in [-0.1, -0.05) is 12.1 Å². The lowest BCUT2D eigenvalue weighted by Gasteiger charge is -2.05. The Bertz CT molecular complexity index is 954. The van der Waals surface area contributed by atoms with Gasteiger partial charge in [0.05, 0.1) is 5.69 Å². The van der Waals surface area contributed by atoms with E-state index in [-0.39, 0.29) is 11.7 Å². The number of carbonyl (C=O) groups excluding carboxylic acids is 1. The standard InChI is InChI=1S/C20H15F3N2O2S/c21-15-6-4-14(5-7-15)17-12-28-20(24-17)25-19(26)10-3-13-1-8-16(9-2-13)27-11-18(22)23/h1-10,12,18H,11H2,(H,24,25,26)/b10-3+. The molecule has 3 aromatic rings. The van der Waals surface area contributed by atoms with Gasteiger partial charge in [-0.2, -0.15) is 0 Å². The van der Waals surface area contributed by atoms with Crippen LogP contribution in [0.3, 0.4) is 0 Å². The zero-order valence-electron chi connectivity index (χ0n) is 14.4. The van der Waals surface area contributed by atoms with Crippen molar-refractivity contribution in [1.82, 2.24) is 4.98 Å². The summed E-state index contributed by atoms with van der Waals surface area (Å²) < 4.78 is 42.1. The predicted molar refractivity (Wildman–Crippen MR) is 103 cm³/mol. The molecule has 0 spiro atoms. The number of carbonyl (C=O) groups is 1. The summed E-state index contributed by atoms with van der Waals surface area (Å²) in [6.07, 6.45) is 0.395. The van der Waals surface area contributed by atoms with Gasteiger partial charge in [0.25, 0.3) is 6.43 Å². The molecular weight excluding hydrogens is 389 g/mol. The molecule has 0 aliphatic rings. The lowest BCUT2D eigenvalue weighted by molar-refractivity contribution is -0.111. The maximum Gasteiger partial charge on any atom is 0.272 e. The molecule has 0 aliphatic carbocycles. The number of aromatic nitrogens is 1. The van der Waals surface area contributed by atoms with Gasteiger partial charge in [-0.3, -0.25) is 10.1 Å². The Morgan fingerprint density at radius 1 is 1.14 bits per heavy atom. The third kappa shape index (κ3) is 5.68. The molecule has 0 bridgehead atoms. The second kappa shape index (κ2) is 9.18. The summed E-state index contributed by atoms with van der Waals surface area (Å²) in [6, 6.07) is 12.3. The number of ether oxygens (including phenoxy) is 1. The zero-order valence-corrected chi connectivity index (χ0v) is 15.3. The normalized spacial score (nSPS) is 11.1. The maximum atomic E-state index is 13.0. The Labute approximate surface area is 163 Å². The Morgan fingerprint density at radius 3 is 2.54 bits per heavy atom. The number of thiazole rings is 1. The molecule has 3 rings (SSSR count). The van der Waals surface area contributed by atoms with Crippen molar-refractivity contribution in [3.63, 3.8) is 0 Å². The Morgan fingerprint density at radius 2 is 1.86 bits per heavy atom. The van der Waals surface area contributed by atoms with Crippen molar-refractivity contribution in [3.05, 3.63) is 71.4 Å². The van der Waals surface area contributed by atoms with Crippen LogP contribution in [0.5, 0.6) is 5.75 Å². The van der Waals surface area contributed by atoms with Crippen LogP contribution in [-0.4, -0.2) is 23.9 Å². The van der Waals surface area contributed by atoms with Crippen molar-refractivity contribution in [2.45, 2.75) is 6.43 Å². The lowest BCUT2D eigenvalue weighted by Crippen LogP contribution is -2.07. The molecule has 4 nitrogen and oxygen atoms in total. The second-order valence-corrected chi connectivity index (χ2v) is 6.50. The fraction of sp³-hybridized carbons (Fsp3) is 0.100. The van der Waals surface area contributed by atoms with Gasteiger partial charge in [-0.05, 0) is 48.0 Å². The van der Waals surface area contributed by atoms with Gasteiger partial charge in [-0.25, -0.2) is 18.2 Å². The number of alkyl halides is 2. The first-order valence-electron chi connectivity index (χ1n) is 8.21. The van der Waals surface area contributed by atoms with Crippen molar-refractivity contribution >= 4 is 28.5 Å². The average Bonchev–Trinajstić information content (AvgIpc) is 3.14. The number of benzene rings is 2. The lowest BCUT2D eigenvalue weighted by atomic mass is 10.2. The van der Waals surface area contributed by atoms with E-state index in [4.69, 9.17) is 4.74 Å². The summed E-state index contributed by atoms with van der Waals surface area (Å²) >= 11 is 1.26. The number of nitrogens with zero attached hydrogens (tertiary/aromatic N) is 1. The summed E-state index contributed by atoms with van der Waals surface area (Å²) in [4.78, 5) is 16.3. The highest BCUT2D eigenvalue weighted by Gasteiger charge is 2.07. The predicted octanol–water partition coefficient (Wildman–Crippen LogP) is 5.25. The summed E-state index contributed by atoms with van der Waals surface area (Å²) in [7, 11) is 0. The van der Waals surface area contributed by atoms with Gasteiger partial charge in [-0.15, -0.1) is 11.3 Å². The number of nitrogens with one attached hydrogen (secondary N) is 1. The molecule has 1 amide bonds. The molecule has 8 heteroatoms. The Hall–Kier alpha value is -3.13. The molecule has 2 aromatic carbocycles. The summed E-state index contributed by atoms with van der Waals surface area (Å²) in [5.41, 5.74) is 2.11. The van der Waals surface area contributed by atoms with Gasteiger partial charge in [0.15, 0.2) is 5.13 Å². The monoisotopic (exact) mass is 404 g/mol. The number of anilines is 1. The van der Waals surface area contributed by atoms with E-state index in [0.717, 1.165) is 5.56 Å². The highest BCUT2D eigenvalue weighted by molar-refractivity contribution is 7.14. The first-order chi connectivity index (χ1) is 13.5. The molecule has 144 valence electrons. The minimum absolute atomic E-state index is 0.328. The molecule has 28 heavy (non-hydrogen) atoms. The topological polar surface area (TPSA) is 51.2 Å². The minimum Gasteiger partial charge on any atom is -0.488 e. The van der Waals surface area contributed by atoms with Gasteiger partial charge >= 0.3 is 0 Å². The highest BCUT2D eigenvalue weighted by atomic mass is 32.1. The van der Waals surface area contributed by atoms with Crippen LogP contribution in [0.4, 0.5) is 18.3 Å². The molecule has 1 aromatic heterocycles. The first kappa shape index (κ1) is 19.6. The molecule has 1 heterocycles. The summed E-state index contributed by atoms with van der Waals surface area (Å²) in [5.74, 6) is -0.359. The van der Waals surface area contributed by atoms with E-state index in [1.807, 2.05) is 0 Å². The van der Waals surface area contributed by atoms with E-state index in [1.165, 1.54) is 29.5 Å². The van der Waals surface area contributed by atoms with E-state index >= 15 is 0 Å². The van der Waals surface area contributed by atoms with E-state index in [0.29, 0.717) is 22.1 Å². The number of halogens is 3. The quantitative estimate of drug-likeness (QED) is 0.548. The number of rotatable bonds is 7. The zero-order chi connectivity index (χ0) is 19.9. The summed E-state index contributed by atoms with van der Waals surface area (Å²) in [5, 5.41) is 4.85. The van der Waals surface area contributed by atoms with Crippen LogP contribution >= 0.6 is 11.3 Å². The van der Waals surface area contributed by atoms with Crippen LogP contribution in [0.2, 0.25) is 0 Å². The van der Waals surface area contributed by atoms with Crippen molar-refractivity contribution in [1.29, 1.82) is 0 Å². The smallest absolute Gasteiger partial charge is 0.272 e. The van der Waals surface area contributed by atoms with Gasteiger partial charge < -0.3 is 4.74 Å². The fourth-order valence-electron chi connectivity index (χ4n) is 2.24. The Kier molecular flexibility index (Phi) is 6.44. The molecular formula is C20H15F3N2O2S. The van der Waals surface area contributed by atoms with Crippen LogP contribution in [0.25, 0.3) is 17.3 Å². The van der Waals surface area contributed by atoms with Crippen LogP contribution in [0, 0.1) is 5.82 Å². The minimum atomic E-state index is -2.53. The van der Waals surface area contributed by atoms with E-state index in [2.05, 4.69) is 10.3 Å². The maximum absolute atomic E-state index is 13.0. The van der Waals surface area contributed by atoms with E-state index in [9.17, 15) is 18.0 Å². The molecule has 0 unspecified atom stereocenters. The van der Waals surface area contributed by atoms with Crippen LogP contribution in [0.15, 0.2) is 60.0 Å². The van der Waals surface area contributed by atoms with Gasteiger partial charge in [0.2, 0.25) is 5.91 Å². The second-order valence-electron chi connectivity index (χ2n) is 5.64. The molecule has 0 saturated carbocycles. The van der Waals surface area contributed by atoms with Crippen molar-refractivity contribution in [2.75, 3.05) is 11.9 Å². The van der Waals surface area contributed by atoms with E-state index < -0.39 is 13.0 Å². The third-order valence-corrected chi connectivity index (χ3v) is 4.32. The van der Waals surface area contributed by atoms with Gasteiger partial charge in [0, 0.05) is 17.0 Å². The Balaban J connectivity index is 1.56. The van der Waals surface area contributed by atoms with Crippen LogP contribution in [0.1, 0.15) is 5.56 Å². The third-order valence-electron chi connectivity index (χ3n) is 3.56. The number of amides is 1. The van der Waals surface area contributed by atoms with Crippen LogP contribution < -0.4 is 10.1 Å². The molecule has 0 aliphatic heterocycles. The SMILES string of the molecule is O=C(/C=C/c1ccc(OCC(F)F)cc1)Nc1nc(-c2ccc(F)cc2)cs1. The molecule has 0 fully saturated rings. The molecule has 0 radical (unpaired) electrons. The first-order valence-corrected chi connectivity index (χ1v) is 9.09. The molecule has 1 N–H and O–H groups in total. The van der Waals surface area contributed by atoms with Crippen LogP contribution in [-0.2, 0) is 4.79 Å². The number of hydrogen-bond donors (Lipinski definition) is 1. The largest absolute Gasteiger partial charge is 0.488 e. The fourth-order valence-corrected chi connectivity index (χ4v) is 2.96. The van der Waals surface area contributed by atoms with Crippen molar-refractivity contribution in [2.24, 2.45) is 0 Å². The van der Waals surface area contributed by atoms with Crippen molar-refractivity contribution < 1.29 is 22.7 Å². The highest BCUT2D eigenvalue weighted by Crippen LogP contribution is 2.25. The molecule has 0 saturated heterocycles. The van der Waals surface area contributed by atoms with Gasteiger partial charge in [0.1, 0.15) is 18.2 Å². The average molecular weight is 404 g/mol. The van der Waals surface area contributed by atoms with E-state index in [1.54, 1.807) is 47.9 Å². The van der Waals surface area contributed by atoms with Crippen molar-refractivity contribution in [3.8, 4) is 17.0 Å².